The molecule has 1 heterocycles. The lowest BCUT2D eigenvalue weighted by Crippen LogP contribution is -2.04. The van der Waals surface area contributed by atoms with Crippen molar-refractivity contribution in [2.24, 2.45) is 5.73 Å². The number of hydrogen-bond donors (Lipinski definition) is 1. The highest BCUT2D eigenvalue weighted by molar-refractivity contribution is 5.28. The Bertz CT molecular complexity index is 424. The molecule has 0 spiro atoms. The van der Waals surface area contributed by atoms with E-state index >= 15 is 0 Å². The molecular weight excluding hydrogens is 184 g/mol. The minimum atomic E-state index is 0.503. The van der Waals surface area contributed by atoms with Gasteiger partial charge in [0.1, 0.15) is 0 Å². The maximum Gasteiger partial charge on any atom is 0.0574 e. The summed E-state index contributed by atoms with van der Waals surface area (Å²) < 4.78 is 0. The van der Waals surface area contributed by atoms with Crippen LogP contribution in [0.5, 0.6) is 0 Å². The van der Waals surface area contributed by atoms with Gasteiger partial charge in [0.05, 0.1) is 5.69 Å². The Hall–Kier alpha value is -1.67. The van der Waals surface area contributed by atoms with E-state index in [2.05, 4.69) is 23.2 Å². The van der Waals surface area contributed by atoms with E-state index in [9.17, 15) is 0 Å². The fourth-order valence-corrected chi connectivity index (χ4v) is 1.63. The second-order valence-corrected chi connectivity index (χ2v) is 3.48. The van der Waals surface area contributed by atoms with Gasteiger partial charge in [-0.3, -0.25) is 4.98 Å². The van der Waals surface area contributed by atoms with Crippen molar-refractivity contribution < 1.29 is 0 Å². The number of aromatic nitrogens is 1. The molecule has 76 valence electrons. The molecule has 2 N–H and O–H groups in total. The van der Waals surface area contributed by atoms with E-state index in [1.807, 2.05) is 24.3 Å². The third kappa shape index (κ3) is 2.42. The Morgan fingerprint density at radius 3 is 2.53 bits per heavy atom. The van der Waals surface area contributed by atoms with Crippen molar-refractivity contribution in [1.82, 2.24) is 4.98 Å². The fourth-order valence-electron chi connectivity index (χ4n) is 1.63. The average molecular weight is 198 g/mol. The van der Waals surface area contributed by atoms with E-state index in [0.717, 1.165) is 12.1 Å². The van der Waals surface area contributed by atoms with Crippen LogP contribution in [0.25, 0.3) is 0 Å². The molecule has 2 aromatic rings. The van der Waals surface area contributed by atoms with Gasteiger partial charge >= 0.3 is 0 Å². The first-order valence-electron chi connectivity index (χ1n) is 5.07. The zero-order chi connectivity index (χ0) is 10.5. The van der Waals surface area contributed by atoms with E-state index in [4.69, 9.17) is 5.73 Å². The van der Waals surface area contributed by atoms with Crippen LogP contribution in [0, 0.1) is 0 Å². The fraction of sp³-hybridized carbons (Fsp3) is 0.154. The van der Waals surface area contributed by atoms with E-state index in [1.165, 1.54) is 11.1 Å². The molecule has 0 aliphatic rings. The molecule has 1 aromatic heterocycles. The summed E-state index contributed by atoms with van der Waals surface area (Å²) >= 11 is 0. The summed E-state index contributed by atoms with van der Waals surface area (Å²) in [5, 5.41) is 0. The normalized spacial score (nSPS) is 10.2. The Morgan fingerprint density at radius 1 is 1.00 bits per heavy atom. The molecule has 15 heavy (non-hydrogen) atoms. The van der Waals surface area contributed by atoms with Crippen molar-refractivity contribution >= 4 is 0 Å². The van der Waals surface area contributed by atoms with Gasteiger partial charge in [-0.15, -0.1) is 0 Å². The first kappa shape index (κ1) is 9.87. The lowest BCUT2D eigenvalue weighted by molar-refractivity contribution is 0.946. The summed E-state index contributed by atoms with van der Waals surface area (Å²) in [7, 11) is 0. The summed E-state index contributed by atoms with van der Waals surface area (Å²) in [5.41, 5.74) is 9.14. The molecule has 2 rings (SSSR count). The maximum absolute atomic E-state index is 5.64. The molecule has 2 nitrogen and oxygen atoms in total. The molecule has 0 unspecified atom stereocenters. The molecule has 0 saturated carbocycles. The lowest BCUT2D eigenvalue weighted by Gasteiger charge is -2.06. The molecule has 0 atom stereocenters. The molecule has 0 aliphatic carbocycles. The van der Waals surface area contributed by atoms with Crippen LogP contribution in [0.3, 0.4) is 0 Å². The third-order valence-corrected chi connectivity index (χ3v) is 2.42. The van der Waals surface area contributed by atoms with Crippen LogP contribution < -0.4 is 5.73 Å². The highest BCUT2D eigenvalue weighted by atomic mass is 14.7. The molecule has 0 bridgehead atoms. The zero-order valence-corrected chi connectivity index (χ0v) is 8.56. The Kier molecular flexibility index (Phi) is 3.10. The van der Waals surface area contributed by atoms with Gasteiger partial charge in [0, 0.05) is 12.7 Å². The van der Waals surface area contributed by atoms with Crippen LogP contribution in [0.4, 0.5) is 0 Å². The highest BCUT2D eigenvalue weighted by Gasteiger charge is 2.01. The number of rotatable bonds is 3. The first-order valence-corrected chi connectivity index (χ1v) is 5.07. The number of nitrogens with two attached hydrogens (primary N) is 1. The molecule has 0 aliphatic heterocycles. The van der Waals surface area contributed by atoms with E-state index in [0.29, 0.717) is 6.54 Å². The predicted molar refractivity (Wildman–Crippen MR) is 61.4 cm³/mol. The van der Waals surface area contributed by atoms with Crippen molar-refractivity contribution in [2.75, 3.05) is 0 Å². The van der Waals surface area contributed by atoms with E-state index in [-0.39, 0.29) is 0 Å². The van der Waals surface area contributed by atoms with Gasteiger partial charge < -0.3 is 5.73 Å². The van der Waals surface area contributed by atoms with Crippen LogP contribution in [0.15, 0.2) is 48.7 Å². The topological polar surface area (TPSA) is 38.9 Å². The largest absolute Gasteiger partial charge is 0.325 e. The SMILES string of the molecule is NCc1ncccc1Cc1ccccc1. The predicted octanol–water partition coefficient (Wildman–Crippen LogP) is 2.13. The van der Waals surface area contributed by atoms with E-state index in [1.54, 1.807) is 6.20 Å². The monoisotopic (exact) mass is 198 g/mol. The van der Waals surface area contributed by atoms with Gasteiger partial charge in [-0.25, -0.2) is 0 Å². The summed E-state index contributed by atoms with van der Waals surface area (Å²) in [5.74, 6) is 0. The van der Waals surface area contributed by atoms with E-state index < -0.39 is 0 Å². The highest BCUT2D eigenvalue weighted by Crippen LogP contribution is 2.11. The smallest absolute Gasteiger partial charge is 0.0574 e. The minimum absolute atomic E-state index is 0.503. The molecule has 0 amide bonds. The lowest BCUT2D eigenvalue weighted by atomic mass is 10.0. The Labute approximate surface area is 89.8 Å². The van der Waals surface area contributed by atoms with Crippen LogP contribution >= 0.6 is 0 Å². The number of hydrogen-bond acceptors (Lipinski definition) is 2. The van der Waals surface area contributed by atoms with Crippen LogP contribution in [0.2, 0.25) is 0 Å². The van der Waals surface area contributed by atoms with Crippen LogP contribution in [-0.2, 0) is 13.0 Å². The molecule has 2 heteroatoms. The molecule has 0 fully saturated rings. The van der Waals surface area contributed by atoms with Crippen LogP contribution in [0.1, 0.15) is 16.8 Å². The summed E-state index contributed by atoms with van der Waals surface area (Å²) in [6.45, 7) is 0.503. The maximum atomic E-state index is 5.64. The average Bonchev–Trinajstić information content (AvgIpc) is 2.31. The summed E-state index contributed by atoms with van der Waals surface area (Å²) in [4.78, 5) is 4.27. The van der Waals surface area contributed by atoms with Gasteiger partial charge in [-0.1, -0.05) is 36.4 Å². The Balaban J connectivity index is 2.24. The molecular formula is C13H14N2. The summed E-state index contributed by atoms with van der Waals surface area (Å²) in [6.07, 6.45) is 2.69. The quantitative estimate of drug-likeness (QED) is 0.820. The standard InChI is InChI=1S/C13H14N2/c14-10-13-12(7-4-8-15-13)9-11-5-2-1-3-6-11/h1-8H,9-10,14H2. The van der Waals surface area contributed by atoms with Crippen molar-refractivity contribution in [1.29, 1.82) is 0 Å². The van der Waals surface area contributed by atoms with Crippen molar-refractivity contribution in [3.63, 3.8) is 0 Å². The number of benzene rings is 1. The number of pyridine rings is 1. The second kappa shape index (κ2) is 4.71. The van der Waals surface area contributed by atoms with Gasteiger partial charge in [0.15, 0.2) is 0 Å². The summed E-state index contributed by atoms with van der Waals surface area (Å²) in [6, 6.07) is 14.4. The first-order chi connectivity index (χ1) is 7.40. The van der Waals surface area contributed by atoms with Crippen molar-refractivity contribution in [3.8, 4) is 0 Å². The van der Waals surface area contributed by atoms with Crippen LogP contribution in [-0.4, -0.2) is 4.98 Å². The Morgan fingerprint density at radius 2 is 1.80 bits per heavy atom. The number of nitrogens with zero attached hydrogens (tertiary/aromatic N) is 1. The third-order valence-electron chi connectivity index (χ3n) is 2.42. The van der Waals surface area contributed by atoms with Crippen molar-refractivity contribution in [3.05, 3.63) is 65.5 Å². The minimum Gasteiger partial charge on any atom is -0.325 e. The van der Waals surface area contributed by atoms with Gasteiger partial charge in [-0.05, 0) is 23.6 Å². The van der Waals surface area contributed by atoms with Gasteiger partial charge in [0.25, 0.3) is 0 Å². The second-order valence-electron chi connectivity index (χ2n) is 3.48. The zero-order valence-electron chi connectivity index (χ0n) is 8.56. The van der Waals surface area contributed by atoms with Crippen molar-refractivity contribution in [2.45, 2.75) is 13.0 Å². The van der Waals surface area contributed by atoms with Gasteiger partial charge in [-0.2, -0.15) is 0 Å². The molecule has 0 saturated heterocycles. The molecule has 0 radical (unpaired) electrons. The molecule has 1 aromatic carbocycles. The van der Waals surface area contributed by atoms with Gasteiger partial charge in [0.2, 0.25) is 0 Å².